The van der Waals surface area contributed by atoms with Gasteiger partial charge < -0.3 is 5.73 Å². The van der Waals surface area contributed by atoms with Crippen molar-refractivity contribution in [3.05, 3.63) is 28.2 Å². The SMILES string of the molecule is Cl.NCCc1nc2cc(Cl)ccc2s1. The van der Waals surface area contributed by atoms with Crippen molar-refractivity contribution in [3.8, 4) is 0 Å². The maximum absolute atomic E-state index is 5.84. The number of thiazole rings is 1. The van der Waals surface area contributed by atoms with Gasteiger partial charge in [-0.1, -0.05) is 11.6 Å². The molecule has 14 heavy (non-hydrogen) atoms. The van der Waals surface area contributed by atoms with Crippen LogP contribution in [-0.2, 0) is 6.42 Å². The standard InChI is InChI=1S/C9H9ClN2S.ClH/c10-6-1-2-8-7(5-6)12-9(13-8)3-4-11;/h1-2,5H,3-4,11H2;1H. The molecule has 2 nitrogen and oxygen atoms in total. The minimum absolute atomic E-state index is 0. The lowest BCUT2D eigenvalue weighted by molar-refractivity contribution is 0.958. The number of fused-ring (bicyclic) bond motifs is 1. The van der Waals surface area contributed by atoms with E-state index >= 15 is 0 Å². The van der Waals surface area contributed by atoms with Gasteiger partial charge in [0.05, 0.1) is 15.2 Å². The van der Waals surface area contributed by atoms with E-state index in [1.807, 2.05) is 18.2 Å². The van der Waals surface area contributed by atoms with E-state index in [-0.39, 0.29) is 12.4 Å². The third kappa shape index (κ3) is 2.36. The molecule has 5 heteroatoms. The van der Waals surface area contributed by atoms with Crippen molar-refractivity contribution >= 4 is 45.6 Å². The second kappa shape index (κ2) is 4.94. The van der Waals surface area contributed by atoms with Gasteiger partial charge in [-0.05, 0) is 24.7 Å². The summed E-state index contributed by atoms with van der Waals surface area (Å²) < 4.78 is 1.17. The fourth-order valence-corrected chi connectivity index (χ4v) is 2.31. The van der Waals surface area contributed by atoms with Crippen LogP contribution in [0.4, 0.5) is 0 Å². The minimum atomic E-state index is 0. The van der Waals surface area contributed by atoms with Gasteiger partial charge in [0.25, 0.3) is 0 Å². The highest BCUT2D eigenvalue weighted by molar-refractivity contribution is 7.18. The van der Waals surface area contributed by atoms with Crippen molar-refractivity contribution in [2.75, 3.05) is 6.54 Å². The maximum Gasteiger partial charge on any atom is 0.0951 e. The van der Waals surface area contributed by atoms with Crippen LogP contribution >= 0.6 is 35.3 Å². The van der Waals surface area contributed by atoms with Gasteiger partial charge in [-0.25, -0.2) is 4.98 Å². The molecule has 0 radical (unpaired) electrons. The number of nitrogens with zero attached hydrogens (tertiary/aromatic N) is 1. The molecule has 2 rings (SSSR count). The molecule has 0 atom stereocenters. The molecule has 0 aliphatic heterocycles. The Hall–Kier alpha value is -0.350. The molecule has 2 N–H and O–H groups in total. The molecule has 1 aromatic carbocycles. The Labute approximate surface area is 97.5 Å². The number of rotatable bonds is 2. The van der Waals surface area contributed by atoms with E-state index in [0.29, 0.717) is 6.54 Å². The second-order valence-electron chi connectivity index (χ2n) is 2.76. The molecule has 0 spiro atoms. The van der Waals surface area contributed by atoms with Crippen LogP contribution < -0.4 is 5.73 Å². The first kappa shape index (κ1) is 11.7. The first-order valence-corrected chi connectivity index (χ1v) is 5.24. The number of hydrogen-bond acceptors (Lipinski definition) is 3. The fourth-order valence-electron chi connectivity index (χ4n) is 1.18. The van der Waals surface area contributed by atoms with E-state index in [0.717, 1.165) is 22.0 Å². The Bertz CT molecular complexity index is 428. The largest absolute Gasteiger partial charge is 0.330 e. The summed E-state index contributed by atoms with van der Waals surface area (Å²) in [5.41, 5.74) is 6.43. The summed E-state index contributed by atoms with van der Waals surface area (Å²) in [6.07, 6.45) is 0.844. The van der Waals surface area contributed by atoms with E-state index in [4.69, 9.17) is 17.3 Å². The summed E-state index contributed by atoms with van der Waals surface area (Å²) in [5, 5.41) is 1.82. The molecule has 0 saturated carbocycles. The number of aromatic nitrogens is 1. The van der Waals surface area contributed by atoms with E-state index < -0.39 is 0 Å². The van der Waals surface area contributed by atoms with Crippen LogP contribution in [0.5, 0.6) is 0 Å². The quantitative estimate of drug-likeness (QED) is 0.888. The van der Waals surface area contributed by atoms with Gasteiger partial charge in [-0.3, -0.25) is 0 Å². The minimum Gasteiger partial charge on any atom is -0.330 e. The lowest BCUT2D eigenvalue weighted by Crippen LogP contribution is -2.01. The molecule has 2 aromatic rings. The molecule has 1 heterocycles. The van der Waals surface area contributed by atoms with Crippen molar-refractivity contribution in [2.45, 2.75) is 6.42 Å². The topological polar surface area (TPSA) is 38.9 Å². The Balaban J connectivity index is 0.000000980. The van der Waals surface area contributed by atoms with Crippen molar-refractivity contribution in [2.24, 2.45) is 5.73 Å². The monoisotopic (exact) mass is 248 g/mol. The molecule has 0 aliphatic rings. The molecular weight excluding hydrogens is 239 g/mol. The van der Waals surface area contributed by atoms with Gasteiger partial charge in [0.2, 0.25) is 0 Å². The summed E-state index contributed by atoms with van der Waals surface area (Å²) in [6.45, 7) is 0.646. The van der Waals surface area contributed by atoms with E-state index in [2.05, 4.69) is 4.98 Å². The van der Waals surface area contributed by atoms with Gasteiger partial charge in [0.15, 0.2) is 0 Å². The van der Waals surface area contributed by atoms with Gasteiger partial charge in [0, 0.05) is 11.4 Å². The van der Waals surface area contributed by atoms with Crippen LogP contribution in [0.2, 0.25) is 5.02 Å². The maximum atomic E-state index is 5.84. The lowest BCUT2D eigenvalue weighted by Gasteiger charge is -1.87. The third-order valence-corrected chi connectivity index (χ3v) is 3.08. The normalized spacial score (nSPS) is 10.1. The van der Waals surface area contributed by atoms with Gasteiger partial charge in [-0.15, -0.1) is 23.7 Å². The fraction of sp³-hybridized carbons (Fsp3) is 0.222. The predicted molar refractivity (Wildman–Crippen MR) is 64.6 cm³/mol. The number of benzene rings is 1. The predicted octanol–water partition coefficient (Wildman–Crippen LogP) is 2.87. The average molecular weight is 249 g/mol. The highest BCUT2D eigenvalue weighted by Crippen LogP contribution is 2.24. The third-order valence-electron chi connectivity index (χ3n) is 1.75. The highest BCUT2D eigenvalue weighted by Gasteiger charge is 2.02. The van der Waals surface area contributed by atoms with Crippen LogP contribution in [-0.4, -0.2) is 11.5 Å². The Kier molecular flexibility index (Phi) is 4.13. The average Bonchev–Trinajstić information content (AvgIpc) is 2.46. The number of hydrogen-bond donors (Lipinski definition) is 1. The summed E-state index contributed by atoms with van der Waals surface area (Å²) in [6, 6.07) is 5.76. The molecule has 1 aromatic heterocycles. The molecular formula is C9H10Cl2N2S. The first-order chi connectivity index (χ1) is 6.29. The molecule has 0 bridgehead atoms. The van der Waals surface area contributed by atoms with E-state index in [1.165, 1.54) is 4.70 Å². The summed E-state index contributed by atoms with van der Waals surface area (Å²) >= 11 is 7.53. The van der Waals surface area contributed by atoms with E-state index in [9.17, 15) is 0 Å². The van der Waals surface area contributed by atoms with Gasteiger partial charge >= 0.3 is 0 Å². The van der Waals surface area contributed by atoms with Gasteiger partial charge in [0.1, 0.15) is 0 Å². The smallest absolute Gasteiger partial charge is 0.0951 e. The van der Waals surface area contributed by atoms with Crippen LogP contribution in [0.1, 0.15) is 5.01 Å². The van der Waals surface area contributed by atoms with Gasteiger partial charge in [-0.2, -0.15) is 0 Å². The van der Waals surface area contributed by atoms with Crippen LogP contribution in [0.3, 0.4) is 0 Å². The van der Waals surface area contributed by atoms with Crippen molar-refractivity contribution in [3.63, 3.8) is 0 Å². The second-order valence-corrected chi connectivity index (χ2v) is 4.31. The lowest BCUT2D eigenvalue weighted by atomic mass is 10.3. The zero-order chi connectivity index (χ0) is 9.26. The summed E-state index contributed by atoms with van der Waals surface area (Å²) in [5.74, 6) is 0. The molecule has 0 unspecified atom stereocenters. The molecule has 0 saturated heterocycles. The zero-order valence-electron chi connectivity index (χ0n) is 7.37. The summed E-state index contributed by atoms with van der Waals surface area (Å²) in [4.78, 5) is 4.42. The zero-order valence-corrected chi connectivity index (χ0v) is 9.75. The molecule has 0 fully saturated rings. The number of halogens is 2. The Morgan fingerprint density at radius 2 is 2.21 bits per heavy atom. The van der Waals surface area contributed by atoms with Crippen LogP contribution in [0, 0.1) is 0 Å². The van der Waals surface area contributed by atoms with Crippen LogP contribution in [0.25, 0.3) is 10.2 Å². The van der Waals surface area contributed by atoms with E-state index in [1.54, 1.807) is 11.3 Å². The Morgan fingerprint density at radius 3 is 2.93 bits per heavy atom. The molecule has 0 amide bonds. The number of nitrogens with two attached hydrogens (primary N) is 1. The van der Waals surface area contributed by atoms with Crippen LogP contribution in [0.15, 0.2) is 18.2 Å². The van der Waals surface area contributed by atoms with Crippen molar-refractivity contribution in [1.29, 1.82) is 0 Å². The Morgan fingerprint density at radius 1 is 1.43 bits per heavy atom. The van der Waals surface area contributed by atoms with Crippen molar-refractivity contribution < 1.29 is 0 Å². The van der Waals surface area contributed by atoms with Crippen molar-refractivity contribution in [1.82, 2.24) is 4.98 Å². The first-order valence-electron chi connectivity index (χ1n) is 4.04. The molecule has 0 aliphatic carbocycles. The molecule has 76 valence electrons. The summed E-state index contributed by atoms with van der Waals surface area (Å²) in [7, 11) is 0. The highest BCUT2D eigenvalue weighted by atomic mass is 35.5.